The predicted octanol–water partition coefficient (Wildman–Crippen LogP) is 2.88. The van der Waals surface area contributed by atoms with Crippen LogP contribution in [0.15, 0.2) is 41.8 Å². The molecule has 0 aliphatic carbocycles. The Kier molecular flexibility index (Phi) is 9.51. The molecule has 42 heavy (non-hydrogen) atoms. The zero-order valence-electron chi connectivity index (χ0n) is 23.4. The normalized spacial score (nSPS) is 24.0. The molecule has 1 saturated heterocycles. The summed E-state index contributed by atoms with van der Waals surface area (Å²) in [5, 5.41) is 17.7. The number of esters is 1. The summed E-state index contributed by atoms with van der Waals surface area (Å²) in [6.45, 7) is 6.22. The summed E-state index contributed by atoms with van der Waals surface area (Å²) in [5.74, 6) is -0.437. The van der Waals surface area contributed by atoms with Crippen LogP contribution in [0.1, 0.15) is 33.9 Å². The van der Waals surface area contributed by atoms with Gasteiger partial charge in [0.2, 0.25) is 11.8 Å². The summed E-state index contributed by atoms with van der Waals surface area (Å²) in [6, 6.07) is 7.10. The number of aliphatic hydroxyl groups is 1. The van der Waals surface area contributed by atoms with E-state index in [0.29, 0.717) is 6.61 Å². The summed E-state index contributed by atoms with van der Waals surface area (Å²) in [6.07, 6.45) is -2.46. The molecule has 2 aromatic heterocycles. The Labute approximate surface area is 240 Å². The quantitative estimate of drug-likeness (QED) is 0.0837. The molecule has 0 bridgehead atoms. The third-order valence-electron chi connectivity index (χ3n) is 6.32. The summed E-state index contributed by atoms with van der Waals surface area (Å²) < 4.78 is 43.2. The van der Waals surface area contributed by atoms with Crippen LogP contribution in [0.4, 0.5) is 5.95 Å². The highest BCUT2D eigenvalue weighted by Gasteiger charge is 2.55. The number of carbonyl (C=O) groups is 1. The molecule has 0 spiro atoms. The van der Waals surface area contributed by atoms with Crippen LogP contribution in [0.3, 0.4) is 0 Å². The van der Waals surface area contributed by atoms with Crippen LogP contribution in [-0.4, -0.2) is 74.2 Å². The molecule has 226 valence electrons. The van der Waals surface area contributed by atoms with Crippen LogP contribution in [0.2, 0.25) is 0 Å². The SMILES string of the molecule is CCOC(=O)[C@H](C)NP(=O)(OC[C@H]1O[C@@H](n2cnc3c(OCC)nc(N)nc32)[C@](C)(N=[N+]=[N-])[C@@H]1O)Oc1ccccc1. The molecule has 4 rings (SSSR count). The first kappa shape index (κ1) is 31.0. The van der Waals surface area contributed by atoms with E-state index in [-0.39, 0.29) is 35.3 Å². The van der Waals surface area contributed by atoms with Gasteiger partial charge in [-0.3, -0.25) is 13.9 Å². The lowest BCUT2D eigenvalue weighted by Crippen LogP contribution is -2.43. The first-order chi connectivity index (χ1) is 20.0. The molecule has 1 unspecified atom stereocenters. The van der Waals surface area contributed by atoms with Crippen molar-refractivity contribution >= 4 is 30.8 Å². The van der Waals surface area contributed by atoms with Gasteiger partial charge < -0.3 is 29.6 Å². The number of azide groups is 1. The summed E-state index contributed by atoms with van der Waals surface area (Å²) >= 11 is 0. The van der Waals surface area contributed by atoms with Gasteiger partial charge in [0.05, 0.1) is 32.3 Å². The number of carbonyl (C=O) groups excluding carboxylic acids is 1. The molecule has 3 heterocycles. The van der Waals surface area contributed by atoms with Crippen molar-refractivity contribution in [3.63, 3.8) is 0 Å². The van der Waals surface area contributed by atoms with Gasteiger partial charge in [-0.2, -0.15) is 15.1 Å². The molecule has 1 fully saturated rings. The van der Waals surface area contributed by atoms with Gasteiger partial charge in [0, 0.05) is 4.91 Å². The minimum absolute atomic E-state index is 0.0996. The third-order valence-corrected chi connectivity index (χ3v) is 7.97. The maximum absolute atomic E-state index is 13.8. The molecule has 1 aromatic carbocycles. The Morgan fingerprint density at radius 1 is 1.33 bits per heavy atom. The Morgan fingerprint density at radius 3 is 2.74 bits per heavy atom. The highest BCUT2D eigenvalue weighted by Crippen LogP contribution is 2.48. The van der Waals surface area contributed by atoms with E-state index < -0.39 is 50.3 Å². The number of anilines is 1. The second-order valence-corrected chi connectivity index (χ2v) is 11.0. The molecule has 1 aliphatic heterocycles. The minimum atomic E-state index is -4.27. The number of para-hydroxylation sites is 1. The standard InChI is InChI=1S/C24H32N9O8P/c1-5-37-20-17-19(28-23(25)29-20)33(13-27-17)22-24(4,31-32-26)18(34)16(40-22)12-39-42(36,30-14(3)21(35)38-6-2)41-15-10-8-7-9-11-15/h7-11,13-14,16,18,22,34H,5-6,12H2,1-4H3,(H,30,36)(H2,25,28,29)/t14-,16+,18+,22+,24+,42?/m0/s1. The lowest BCUT2D eigenvalue weighted by Gasteiger charge is -2.28. The minimum Gasteiger partial charge on any atom is -0.476 e. The Bertz CT molecular complexity index is 1500. The lowest BCUT2D eigenvalue weighted by molar-refractivity contribution is -0.144. The number of nitrogens with zero attached hydrogens (tertiary/aromatic N) is 7. The fourth-order valence-corrected chi connectivity index (χ4v) is 5.84. The third kappa shape index (κ3) is 6.41. The zero-order chi connectivity index (χ0) is 30.5. The number of aliphatic hydroxyl groups excluding tert-OH is 1. The first-order valence-corrected chi connectivity index (χ1v) is 14.6. The van der Waals surface area contributed by atoms with E-state index in [1.54, 1.807) is 44.2 Å². The number of aromatic nitrogens is 4. The van der Waals surface area contributed by atoms with Crippen molar-refractivity contribution < 1.29 is 37.7 Å². The number of fused-ring (bicyclic) bond motifs is 1. The van der Waals surface area contributed by atoms with Gasteiger partial charge in [-0.1, -0.05) is 23.3 Å². The van der Waals surface area contributed by atoms with E-state index in [1.807, 2.05) is 0 Å². The number of benzene rings is 1. The van der Waals surface area contributed by atoms with E-state index >= 15 is 0 Å². The molecular weight excluding hydrogens is 573 g/mol. The first-order valence-electron chi connectivity index (χ1n) is 13.0. The number of nitrogen functional groups attached to an aromatic ring is 1. The highest BCUT2D eigenvalue weighted by molar-refractivity contribution is 7.52. The van der Waals surface area contributed by atoms with Crippen LogP contribution < -0.4 is 20.1 Å². The van der Waals surface area contributed by atoms with Gasteiger partial charge in [-0.15, -0.1) is 0 Å². The molecule has 1 aliphatic rings. The van der Waals surface area contributed by atoms with Gasteiger partial charge >= 0.3 is 13.7 Å². The molecule has 0 radical (unpaired) electrons. The van der Waals surface area contributed by atoms with E-state index in [9.17, 15) is 20.0 Å². The molecule has 18 heteroatoms. The van der Waals surface area contributed by atoms with Gasteiger partial charge in [0.15, 0.2) is 17.4 Å². The highest BCUT2D eigenvalue weighted by atomic mass is 31.2. The summed E-state index contributed by atoms with van der Waals surface area (Å²) in [5.41, 5.74) is 14.1. The maximum Gasteiger partial charge on any atom is 0.459 e. The van der Waals surface area contributed by atoms with Crippen molar-refractivity contribution in [3.8, 4) is 11.6 Å². The summed E-state index contributed by atoms with van der Waals surface area (Å²) in [4.78, 5) is 27.8. The molecular formula is C24H32N9O8P. The van der Waals surface area contributed by atoms with Crippen molar-refractivity contribution in [2.24, 2.45) is 5.11 Å². The van der Waals surface area contributed by atoms with Crippen molar-refractivity contribution in [3.05, 3.63) is 47.1 Å². The Hall–Kier alpha value is -3.98. The summed E-state index contributed by atoms with van der Waals surface area (Å²) in [7, 11) is -4.27. The fraction of sp³-hybridized carbons (Fsp3) is 0.500. The van der Waals surface area contributed by atoms with Crippen molar-refractivity contribution in [2.45, 2.75) is 57.7 Å². The Morgan fingerprint density at radius 2 is 2.07 bits per heavy atom. The second-order valence-electron chi connectivity index (χ2n) is 9.33. The van der Waals surface area contributed by atoms with Crippen LogP contribution in [0.25, 0.3) is 21.6 Å². The topological polar surface area (TPSA) is 231 Å². The number of rotatable bonds is 13. The molecule has 0 saturated carbocycles. The number of nitrogens with two attached hydrogens (primary N) is 1. The average Bonchev–Trinajstić information content (AvgIpc) is 3.47. The number of imidazole rings is 1. The van der Waals surface area contributed by atoms with Crippen LogP contribution in [0.5, 0.6) is 11.6 Å². The molecule has 6 atom stereocenters. The molecule has 17 nitrogen and oxygen atoms in total. The molecule has 4 N–H and O–H groups in total. The smallest absolute Gasteiger partial charge is 0.459 e. The molecule has 3 aromatic rings. The van der Waals surface area contributed by atoms with Crippen LogP contribution >= 0.6 is 7.75 Å². The second kappa shape index (κ2) is 12.9. The van der Waals surface area contributed by atoms with Crippen molar-refractivity contribution in [2.75, 3.05) is 25.6 Å². The van der Waals surface area contributed by atoms with Gasteiger partial charge in [0.1, 0.15) is 23.4 Å². The Balaban J connectivity index is 1.63. The van der Waals surface area contributed by atoms with E-state index in [0.717, 1.165) is 0 Å². The number of hydrogen-bond donors (Lipinski definition) is 3. The van der Waals surface area contributed by atoms with Crippen LogP contribution in [-0.2, 0) is 23.4 Å². The van der Waals surface area contributed by atoms with E-state index in [4.69, 9.17) is 29.0 Å². The van der Waals surface area contributed by atoms with Crippen molar-refractivity contribution in [1.82, 2.24) is 24.6 Å². The number of ether oxygens (including phenoxy) is 3. The lowest BCUT2D eigenvalue weighted by atomic mass is 9.93. The number of nitrogens with one attached hydrogen (secondary N) is 1. The zero-order valence-corrected chi connectivity index (χ0v) is 24.2. The van der Waals surface area contributed by atoms with Crippen LogP contribution in [0, 0.1) is 0 Å². The maximum atomic E-state index is 13.8. The largest absolute Gasteiger partial charge is 0.476 e. The van der Waals surface area contributed by atoms with E-state index in [2.05, 4.69) is 30.1 Å². The monoisotopic (exact) mass is 605 g/mol. The fourth-order valence-electron chi connectivity index (χ4n) is 4.34. The van der Waals surface area contributed by atoms with Gasteiger partial charge in [-0.05, 0) is 45.4 Å². The van der Waals surface area contributed by atoms with E-state index in [1.165, 1.54) is 24.7 Å². The molecule has 0 amide bonds. The van der Waals surface area contributed by atoms with Crippen molar-refractivity contribution in [1.29, 1.82) is 0 Å². The van der Waals surface area contributed by atoms with Gasteiger partial charge in [-0.25, -0.2) is 9.55 Å². The number of hydrogen-bond acceptors (Lipinski definition) is 13. The predicted molar refractivity (Wildman–Crippen MR) is 148 cm³/mol. The average molecular weight is 606 g/mol. The van der Waals surface area contributed by atoms with Gasteiger partial charge in [0.25, 0.3) is 0 Å².